The zero-order valence-electron chi connectivity index (χ0n) is 8.26. The van der Waals surface area contributed by atoms with E-state index in [-0.39, 0.29) is 11.5 Å². The first-order chi connectivity index (χ1) is 5.52. The Balaban J connectivity index is 3.83. The molecule has 0 spiro atoms. The molecule has 0 aromatic rings. The molecule has 0 heterocycles. The lowest BCUT2D eigenvalue weighted by Crippen LogP contribution is -2.41. The minimum Gasteiger partial charge on any atom is -0.307 e. The number of aldehydes is 1. The zero-order chi connectivity index (χ0) is 9.61. The highest BCUT2D eigenvalue weighted by molar-refractivity contribution is 5.58. The van der Waals surface area contributed by atoms with Crippen LogP contribution in [0.3, 0.4) is 0 Å². The fourth-order valence-corrected chi connectivity index (χ4v) is 0.899. The van der Waals surface area contributed by atoms with Gasteiger partial charge in [0.25, 0.3) is 0 Å². The SMILES string of the molecule is C=CCCNC(C=O)C(C)(C)C. The molecule has 0 aliphatic carbocycles. The summed E-state index contributed by atoms with van der Waals surface area (Å²) in [5.74, 6) is 0. The third-order valence-electron chi connectivity index (χ3n) is 1.78. The van der Waals surface area contributed by atoms with Gasteiger partial charge in [-0.05, 0) is 18.4 Å². The highest BCUT2D eigenvalue weighted by atomic mass is 16.1. The van der Waals surface area contributed by atoms with Gasteiger partial charge >= 0.3 is 0 Å². The molecule has 2 heteroatoms. The number of hydrogen-bond acceptors (Lipinski definition) is 2. The van der Waals surface area contributed by atoms with Crippen LogP contribution in [0, 0.1) is 5.41 Å². The van der Waals surface area contributed by atoms with Crippen molar-refractivity contribution in [3.63, 3.8) is 0 Å². The van der Waals surface area contributed by atoms with Crippen LogP contribution in [0.1, 0.15) is 27.2 Å². The van der Waals surface area contributed by atoms with Gasteiger partial charge in [0.15, 0.2) is 0 Å². The molecule has 0 radical (unpaired) electrons. The minimum absolute atomic E-state index is 0.00290. The fourth-order valence-electron chi connectivity index (χ4n) is 0.899. The molecule has 12 heavy (non-hydrogen) atoms. The van der Waals surface area contributed by atoms with Gasteiger partial charge < -0.3 is 10.1 Å². The number of hydrogen-bond donors (Lipinski definition) is 1. The lowest BCUT2D eigenvalue weighted by atomic mass is 9.88. The Morgan fingerprint density at radius 3 is 2.42 bits per heavy atom. The molecule has 0 aliphatic heterocycles. The summed E-state index contributed by atoms with van der Waals surface area (Å²) in [6.07, 6.45) is 3.72. The van der Waals surface area contributed by atoms with Gasteiger partial charge in [0.05, 0.1) is 6.04 Å². The van der Waals surface area contributed by atoms with E-state index < -0.39 is 0 Å². The predicted molar refractivity (Wildman–Crippen MR) is 52.1 cm³/mol. The Kier molecular flexibility index (Phi) is 4.83. The minimum atomic E-state index is -0.0579. The van der Waals surface area contributed by atoms with E-state index in [4.69, 9.17) is 0 Å². The average Bonchev–Trinajstić information content (AvgIpc) is 1.95. The number of carbonyl (C=O) groups excluding carboxylic acids is 1. The first-order valence-electron chi connectivity index (χ1n) is 4.32. The largest absolute Gasteiger partial charge is 0.307 e. The molecule has 70 valence electrons. The molecule has 2 nitrogen and oxygen atoms in total. The van der Waals surface area contributed by atoms with Gasteiger partial charge in [-0.3, -0.25) is 0 Å². The summed E-state index contributed by atoms with van der Waals surface area (Å²) in [4.78, 5) is 10.7. The third-order valence-corrected chi connectivity index (χ3v) is 1.78. The van der Waals surface area contributed by atoms with Gasteiger partial charge in [-0.2, -0.15) is 0 Å². The van der Waals surface area contributed by atoms with E-state index in [1.54, 1.807) is 0 Å². The Morgan fingerprint density at radius 2 is 2.08 bits per heavy atom. The number of carbonyl (C=O) groups is 1. The first kappa shape index (κ1) is 11.4. The van der Waals surface area contributed by atoms with Gasteiger partial charge in [-0.15, -0.1) is 6.58 Å². The molecule has 1 atom stereocenters. The Bertz CT molecular complexity index is 146. The van der Waals surface area contributed by atoms with Crippen molar-refractivity contribution in [3.05, 3.63) is 12.7 Å². The van der Waals surface area contributed by atoms with E-state index in [1.165, 1.54) is 0 Å². The van der Waals surface area contributed by atoms with E-state index in [1.807, 2.05) is 26.8 Å². The van der Waals surface area contributed by atoms with Crippen LogP contribution < -0.4 is 5.32 Å². The third kappa shape index (κ3) is 4.29. The van der Waals surface area contributed by atoms with Crippen LogP contribution in [0.5, 0.6) is 0 Å². The topological polar surface area (TPSA) is 29.1 Å². The summed E-state index contributed by atoms with van der Waals surface area (Å²) in [5, 5.41) is 3.17. The normalized spacial score (nSPS) is 13.9. The number of rotatable bonds is 5. The van der Waals surface area contributed by atoms with Crippen LogP contribution in [0.2, 0.25) is 0 Å². The summed E-state index contributed by atoms with van der Waals surface area (Å²) >= 11 is 0. The summed E-state index contributed by atoms with van der Waals surface area (Å²) < 4.78 is 0. The highest BCUT2D eigenvalue weighted by Crippen LogP contribution is 2.17. The Morgan fingerprint density at radius 1 is 1.50 bits per heavy atom. The van der Waals surface area contributed by atoms with E-state index >= 15 is 0 Å². The quantitative estimate of drug-likeness (QED) is 0.386. The van der Waals surface area contributed by atoms with Crippen molar-refractivity contribution in [2.24, 2.45) is 5.41 Å². The summed E-state index contributed by atoms with van der Waals surface area (Å²) in [5.41, 5.74) is 0.00290. The standard InChI is InChI=1S/C10H19NO/c1-5-6-7-11-9(8-12)10(2,3)4/h5,8-9,11H,1,6-7H2,2-4H3. The maximum atomic E-state index is 10.7. The lowest BCUT2D eigenvalue weighted by Gasteiger charge is -2.26. The molecular weight excluding hydrogens is 150 g/mol. The molecule has 0 bridgehead atoms. The molecule has 0 rings (SSSR count). The van der Waals surface area contributed by atoms with E-state index in [0.29, 0.717) is 0 Å². The molecule has 0 saturated heterocycles. The molecule has 0 fully saturated rings. The van der Waals surface area contributed by atoms with Crippen molar-refractivity contribution >= 4 is 6.29 Å². The van der Waals surface area contributed by atoms with Crippen molar-refractivity contribution in [1.82, 2.24) is 5.32 Å². The molecule has 1 N–H and O–H groups in total. The highest BCUT2D eigenvalue weighted by Gasteiger charge is 2.22. The molecule has 0 saturated carbocycles. The Hall–Kier alpha value is -0.630. The maximum Gasteiger partial charge on any atom is 0.137 e. The van der Waals surface area contributed by atoms with Gasteiger partial charge in [0.2, 0.25) is 0 Å². The van der Waals surface area contributed by atoms with Gasteiger partial charge in [0, 0.05) is 0 Å². The van der Waals surface area contributed by atoms with Gasteiger partial charge in [-0.1, -0.05) is 26.8 Å². The summed E-state index contributed by atoms with van der Waals surface area (Å²) in [7, 11) is 0. The number of nitrogens with one attached hydrogen (secondary N) is 1. The van der Waals surface area contributed by atoms with Crippen molar-refractivity contribution in [3.8, 4) is 0 Å². The van der Waals surface area contributed by atoms with Crippen LogP contribution in [-0.4, -0.2) is 18.9 Å². The second kappa shape index (κ2) is 5.09. The predicted octanol–water partition coefficient (Wildman–Crippen LogP) is 1.77. The van der Waals surface area contributed by atoms with Crippen molar-refractivity contribution in [1.29, 1.82) is 0 Å². The summed E-state index contributed by atoms with van der Waals surface area (Å²) in [6, 6.07) is -0.0579. The van der Waals surface area contributed by atoms with Gasteiger partial charge in [-0.25, -0.2) is 0 Å². The van der Waals surface area contributed by atoms with E-state index in [2.05, 4.69) is 11.9 Å². The van der Waals surface area contributed by atoms with Crippen molar-refractivity contribution < 1.29 is 4.79 Å². The van der Waals surface area contributed by atoms with E-state index in [9.17, 15) is 4.79 Å². The molecule has 0 amide bonds. The molecule has 0 aromatic heterocycles. The van der Waals surface area contributed by atoms with Crippen LogP contribution in [0.25, 0.3) is 0 Å². The second-order valence-corrected chi connectivity index (χ2v) is 4.01. The van der Waals surface area contributed by atoms with Gasteiger partial charge in [0.1, 0.15) is 6.29 Å². The van der Waals surface area contributed by atoms with Crippen molar-refractivity contribution in [2.75, 3.05) is 6.54 Å². The zero-order valence-corrected chi connectivity index (χ0v) is 8.26. The lowest BCUT2D eigenvalue weighted by molar-refractivity contribution is -0.111. The molecular formula is C10H19NO. The van der Waals surface area contributed by atoms with E-state index in [0.717, 1.165) is 19.3 Å². The Labute approximate surface area is 75.0 Å². The molecule has 0 aliphatic rings. The average molecular weight is 169 g/mol. The van der Waals surface area contributed by atoms with Crippen LogP contribution >= 0.6 is 0 Å². The van der Waals surface area contributed by atoms with Crippen LogP contribution in [0.15, 0.2) is 12.7 Å². The van der Waals surface area contributed by atoms with Crippen LogP contribution in [0.4, 0.5) is 0 Å². The second-order valence-electron chi connectivity index (χ2n) is 4.01. The maximum absolute atomic E-state index is 10.7. The summed E-state index contributed by atoms with van der Waals surface area (Å²) in [6.45, 7) is 10.6. The smallest absolute Gasteiger partial charge is 0.137 e. The monoisotopic (exact) mass is 169 g/mol. The fraction of sp³-hybridized carbons (Fsp3) is 0.700. The molecule has 0 aromatic carbocycles. The van der Waals surface area contributed by atoms with Crippen molar-refractivity contribution in [2.45, 2.75) is 33.2 Å². The van der Waals surface area contributed by atoms with Crippen LogP contribution in [-0.2, 0) is 4.79 Å². The first-order valence-corrected chi connectivity index (χ1v) is 4.32. The molecule has 1 unspecified atom stereocenters.